The molecule has 24 heavy (non-hydrogen) atoms. The molecule has 3 aromatic rings. The van der Waals surface area contributed by atoms with Crippen molar-refractivity contribution in [1.82, 2.24) is 5.32 Å². The normalized spacial score (nSPS) is 10.6. The van der Waals surface area contributed by atoms with E-state index in [1.54, 1.807) is 20.3 Å². The number of carbonyl (C=O) groups is 1. The average Bonchev–Trinajstić information content (AvgIpc) is 2.97. The van der Waals surface area contributed by atoms with Gasteiger partial charge in [-0.2, -0.15) is 0 Å². The highest BCUT2D eigenvalue weighted by molar-refractivity contribution is 7.21. The number of amides is 1. The third-order valence-corrected chi connectivity index (χ3v) is 5.02. The van der Waals surface area contributed by atoms with Crippen LogP contribution in [-0.4, -0.2) is 20.1 Å². The number of para-hydroxylation sites is 1. The minimum Gasteiger partial charge on any atom is -0.496 e. The van der Waals surface area contributed by atoms with Gasteiger partial charge in [0.1, 0.15) is 16.4 Å². The molecule has 1 aromatic heterocycles. The van der Waals surface area contributed by atoms with Crippen LogP contribution in [0.5, 0.6) is 11.5 Å². The number of carbonyl (C=O) groups excluding carboxylic acids is 1. The van der Waals surface area contributed by atoms with Gasteiger partial charge in [-0.15, -0.1) is 11.3 Å². The molecule has 2 aromatic carbocycles. The average molecular weight is 362 g/mol. The van der Waals surface area contributed by atoms with E-state index >= 15 is 0 Å². The minimum atomic E-state index is -0.185. The van der Waals surface area contributed by atoms with Crippen LogP contribution >= 0.6 is 22.9 Å². The number of thiophene rings is 1. The largest absolute Gasteiger partial charge is 0.496 e. The van der Waals surface area contributed by atoms with E-state index in [-0.39, 0.29) is 5.91 Å². The highest BCUT2D eigenvalue weighted by Gasteiger charge is 2.19. The van der Waals surface area contributed by atoms with E-state index in [2.05, 4.69) is 5.32 Å². The molecule has 4 nitrogen and oxygen atoms in total. The highest BCUT2D eigenvalue weighted by Crippen LogP contribution is 2.38. The summed E-state index contributed by atoms with van der Waals surface area (Å²) in [5.41, 5.74) is 0.913. The minimum absolute atomic E-state index is 0.185. The third-order valence-electron chi connectivity index (χ3n) is 3.65. The molecule has 1 N–H and O–H groups in total. The standard InChI is InChI=1S/C18H16ClNO3S/c1-22-14-6-4-3-5-11(14)10-20-18(21)17-16(23-2)13-8-7-12(19)9-15(13)24-17/h3-9H,10H2,1-2H3,(H,20,21). The second-order valence-electron chi connectivity index (χ2n) is 5.10. The van der Waals surface area contributed by atoms with Crippen LogP contribution in [0.15, 0.2) is 42.5 Å². The Labute approximate surface area is 149 Å². The summed E-state index contributed by atoms with van der Waals surface area (Å²) in [4.78, 5) is 13.1. The number of benzene rings is 2. The van der Waals surface area contributed by atoms with Crippen LogP contribution in [0.2, 0.25) is 5.02 Å². The first-order valence-corrected chi connectivity index (χ1v) is 8.49. The molecule has 0 spiro atoms. The maximum absolute atomic E-state index is 12.6. The van der Waals surface area contributed by atoms with E-state index in [0.29, 0.717) is 22.2 Å². The summed E-state index contributed by atoms with van der Waals surface area (Å²) in [7, 11) is 3.17. The Balaban J connectivity index is 1.86. The van der Waals surface area contributed by atoms with Crippen molar-refractivity contribution >= 4 is 38.9 Å². The Hall–Kier alpha value is -2.24. The van der Waals surface area contributed by atoms with Crippen LogP contribution in [0.25, 0.3) is 10.1 Å². The van der Waals surface area contributed by atoms with Gasteiger partial charge in [-0.1, -0.05) is 29.8 Å². The fourth-order valence-electron chi connectivity index (χ4n) is 2.50. The number of ether oxygens (including phenoxy) is 2. The first-order valence-electron chi connectivity index (χ1n) is 7.30. The number of halogens is 1. The number of methoxy groups -OCH3 is 2. The van der Waals surface area contributed by atoms with Crippen LogP contribution in [0.1, 0.15) is 15.2 Å². The van der Waals surface area contributed by atoms with Gasteiger partial charge in [0.05, 0.1) is 14.2 Å². The molecule has 1 heterocycles. The van der Waals surface area contributed by atoms with Gasteiger partial charge in [0.15, 0.2) is 0 Å². The van der Waals surface area contributed by atoms with E-state index in [9.17, 15) is 4.79 Å². The van der Waals surface area contributed by atoms with Crippen LogP contribution in [0.4, 0.5) is 0 Å². The van der Waals surface area contributed by atoms with Gasteiger partial charge in [0.25, 0.3) is 5.91 Å². The van der Waals surface area contributed by atoms with Crippen LogP contribution in [0.3, 0.4) is 0 Å². The fourth-order valence-corrected chi connectivity index (χ4v) is 3.87. The van der Waals surface area contributed by atoms with E-state index in [1.165, 1.54) is 11.3 Å². The van der Waals surface area contributed by atoms with E-state index in [1.807, 2.05) is 36.4 Å². The SMILES string of the molecule is COc1ccccc1CNC(=O)c1sc2cc(Cl)ccc2c1OC. The first kappa shape index (κ1) is 16.6. The number of rotatable bonds is 5. The lowest BCUT2D eigenvalue weighted by molar-refractivity contribution is 0.0952. The van der Waals surface area contributed by atoms with Gasteiger partial charge in [-0.3, -0.25) is 4.79 Å². The zero-order chi connectivity index (χ0) is 17.1. The number of hydrogen-bond donors (Lipinski definition) is 1. The van der Waals surface area contributed by atoms with Gasteiger partial charge in [-0.05, 0) is 24.3 Å². The zero-order valence-corrected chi connectivity index (χ0v) is 14.8. The molecule has 0 aliphatic heterocycles. The summed E-state index contributed by atoms with van der Waals surface area (Å²) in [6.45, 7) is 0.376. The lowest BCUT2D eigenvalue weighted by Gasteiger charge is -2.09. The van der Waals surface area contributed by atoms with E-state index in [4.69, 9.17) is 21.1 Å². The molecular formula is C18H16ClNO3S. The monoisotopic (exact) mass is 361 g/mol. The molecule has 0 unspecified atom stereocenters. The van der Waals surface area contributed by atoms with Crippen LogP contribution < -0.4 is 14.8 Å². The van der Waals surface area contributed by atoms with E-state index < -0.39 is 0 Å². The lowest BCUT2D eigenvalue weighted by atomic mass is 10.2. The maximum atomic E-state index is 12.6. The number of fused-ring (bicyclic) bond motifs is 1. The Kier molecular flexibility index (Phi) is 4.92. The molecule has 0 aliphatic rings. The molecule has 0 atom stereocenters. The molecule has 0 radical (unpaired) electrons. The van der Waals surface area contributed by atoms with Gasteiger partial charge < -0.3 is 14.8 Å². The topological polar surface area (TPSA) is 47.6 Å². The quantitative estimate of drug-likeness (QED) is 0.727. The molecule has 0 bridgehead atoms. The Morgan fingerprint density at radius 2 is 1.96 bits per heavy atom. The molecule has 0 fully saturated rings. The Morgan fingerprint density at radius 1 is 1.17 bits per heavy atom. The summed E-state index contributed by atoms with van der Waals surface area (Å²) in [5, 5.41) is 4.43. The van der Waals surface area contributed by atoms with Crippen LogP contribution in [-0.2, 0) is 6.54 Å². The molecule has 0 aliphatic carbocycles. The summed E-state index contributed by atoms with van der Waals surface area (Å²) >= 11 is 7.39. The Morgan fingerprint density at radius 3 is 2.71 bits per heavy atom. The van der Waals surface area contributed by atoms with Gasteiger partial charge >= 0.3 is 0 Å². The maximum Gasteiger partial charge on any atom is 0.265 e. The summed E-state index contributed by atoms with van der Waals surface area (Å²) in [5.74, 6) is 1.13. The molecule has 3 rings (SSSR count). The summed E-state index contributed by atoms with van der Waals surface area (Å²) < 4.78 is 11.7. The molecule has 1 amide bonds. The van der Waals surface area contributed by atoms with E-state index in [0.717, 1.165) is 21.4 Å². The number of hydrogen-bond acceptors (Lipinski definition) is 4. The van der Waals surface area contributed by atoms with Crippen molar-refractivity contribution in [2.45, 2.75) is 6.54 Å². The smallest absolute Gasteiger partial charge is 0.265 e. The Bertz CT molecular complexity index is 891. The van der Waals surface area contributed by atoms with Crippen molar-refractivity contribution in [2.75, 3.05) is 14.2 Å². The molecule has 6 heteroatoms. The van der Waals surface area contributed by atoms with Gasteiger partial charge in [0, 0.05) is 27.2 Å². The fraction of sp³-hybridized carbons (Fsp3) is 0.167. The van der Waals surface area contributed by atoms with Crippen LogP contribution in [0, 0.1) is 0 Å². The van der Waals surface area contributed by atoms with Crippen molar-refractivity contribution in [3.05, 3.63) is 57.9 Å². The zero-order valence-electron chi connectivity index (χ0n) is 13.3. The van der Waals surface area contributed by atoms with Crippen molar-refractivity contribution in [2.24, 2.45) is 0 Å². The highest BCUT2D eigenvalue weighted by atomic mass is 35.5. The number of nitrogens with one attached hydrogen (secondary N) is 1. The van der Waals surface area contributed by atoms with Crippen molar-refractivity contribution < 1.29 is 14.3 Å². The third kappa shape index (κ3) is 3.18. The van der Waals surface area contributed by atoms with Crippen molar-refractivity contribution in [3.8, 4) is 11.5 Å². The van der Waals surface area contributed by atoms with Crippen molar-refractivity contribution in [1.29, 1.82) is 0 Å². The molecule has 0 saturated carbocycles. The first-order chi connectivity index (χ1) is 11.6. The molecule has 124 valence electrons. The molecule has 0 saturated heterocycles. The predicted octanol–water partition coefficient (Wildman–Crippen LogP) is 4.50. The molecular weight excluding hydrogens is 346 g/mol. The van der Waals surface area contributed by atoms with Crippen molar-refractivity contribution in [3.63, 3.8) is 0 Å². The predicted molar refractivity (Wildman–Crippen MR) is 97.6 cm³/mol. The lowest BCUT2D eigenvalue weighted by Crippen LogP contribution is -2.22. The van der Waals surface area contributed by atoms with Gasteiger partial charge in [0.2, 0.25) is 0 Å². The second kappa shape index (κ2) is 7.11. The summed E-state index contributed by atoms with van der Waals surface area (Å²) in [6.07, 6.45) is 0. The second-order valence-corrected chi connectivity index (χ2v) is 6.59. The van der Waals surface area contributed by atoms with Gasteiger partial charge in [-0.25, -0.2) is 0 Å². The summed E-state index contributed by atoms with van der Waals surface area (Å²) in [6, 6.07) is 13.1.